The molecule has 1 fully saturated rings. The summed E-state index contributed by atoms with van der Waals surface area (Å²) in [7, 11) is 0. The molecule has 1 N–H and O–H groups in total. The maximum absolute atomic E-state index is 14.3. The van der Waals surface area contributed by atoms with Gasteiger partial charge in [-0.2, -0.15) is 0 Å². The maximum Gasteiger partial charge on any atom is 0.255 e. The molecule has 2 unspecified atom stereocenters. The Hall–Kier alpha value is -4.39. The molecule has 0 bridgehead atoms. The first-order chi connectivity index (χ1) is 19.9. The fraction of sp³-hybridized carbons (Fsp3) is 0.324. The quantitative estimate of drug-likeness (QED) is 0.314. The van der Waals surface area contributed by atoms with Crippen LogP contribution in [0.15, 0.2) is 72.8 Å². The number of benzene rings is 3. The van der Waals surface area contributed by atoms with Crippen LogP contribution in [0.1, 0.15) is 53.4 Å². The zero-order valence-electron chi connectivity index (χ0n) is 23.8. The number of aromatic nitrogens is 1. The number of amides is 3. The zero-order chi connectivity index (χ0) is 28.7. The van der Waals surface area contributed by atoms with E-state index in [4.69, 9.17) is 0 Å². The summed E-state index contributed by atoms with van der Waals surface area (Å²) >= 11 is 0. The van der Waals surface area contributed by atoms with E-state index in [2.05, 4.69) is 62.2 Å². The first-order valence-corrected chi connectivity index (χ1v) is 14.4. The molecule has 210 valence electrons. The third kappa shape index (κ3) is 4.79. The van der Waals surface area contributed by atoms with Gasteiger partial charge in [0, 0.05) is 48.2 Å². The van der Waals surface area contributed by atoms with Gasteiger partial charge < -0.3 is 19.7 Å². The highest BCUT2D eigenvalue weighted by Crippen LogP contribution is 2.47. The number of para-hydroxylation sites is 1. The minimum absolute atomic E-state index is 0.0490. The summed E-state index contributed by atoms with van der Waals surface area (Å²) in [6.45, 7) is 8.19. The van der Waals surface area contributed by atoms with Crippen LogP contribution in [0.25, 0.3) is 22.2 Å². The lowest BCUT2D eigenvalue weighted by molar-refractivity contribution is -0.140. The molecular formula is C34H36N4O3. The number of hydrogen-bond donors (Lipinski definition) is 1. The van der Waals surface area contributed by atoms with Crippen LogP contribution in [-0.2, 0) is 9.59 Å². The summed E-state index contributed by atoms with van der Waals surface area (Å²) in [5.41, 5.74) is 6.73. The van der Waals surface area contributed by atoms with Crippen molar-refractivity contribution in [1.29, 1.82) is 0 Å². The monoisotopic (exact) mass is 548 g/mol. The molecule has 0 aliphatic carbocycles. The number of rotatable bonds is 7. The second-order valence-electron chi connectivity index (χ2n) is 11.6. The van der Waals surface area contributed by atoms with Crippen molar-refractivity contribution in [2.75, 3.05) is 26.2 Å². The van der Waals surface area contributed by atoms with Crippen LogP contribution in [0.3, 0.4) is 0 Å². The molecule has 4 aromatic rings. The average Bonchev–Trinajstić information content (AvgIpc) is 3.51. The standard InChI is InChI=1S/C34H36N4O3/c1-22(2)20-29(34(41)37-18-16-36(21-39)17-19-37)38-32(25-8-4-5-9-26(25)33(38)40)30-27-10-6-7-11-28(27)35-31(30)24-14-12-23(3)13-15-24/h4-15,21-22,29,32,35H,16-20H2,1-3H3. The zero-order valence-corrected chi connectivity index (χ0v) is 23.8. The molecule has 0 saturated carbocycles. The molecule has 41 heavy (non-hydrogen) atoms. The topological polar surface area (TPSA) is 76.7 Å². The summed E-state index contributed by atoms with van der Waals surface area (Å²) in [6.07, 6.45) is 1.39. The molecule has 3 aromatic carbocycles. The molecule has 1 aromatic heterocycles. The fourth-order valence-corrected chi connectivity index (χ4v) is 6.39. The molecule has 3 heterocycles. The lowest BCUT2D eigenvalue weighted by Crippen LogP contribution is -2.55. The Labute approximate surface area is 240 Å². The molecule has 7 nitrogen and oxygen atoms in total. The van der Waals surface area contributed by atoms with E-state index < -0.39 is 12.1 Å². The molecule has 3 amide bonds. The smallest absolute Gasteiger partial charge is 0.255 e. The second kappa shape index (κ2) is 10.9. The van der Waals surface area contributed by atoms with Crippen molar-refractivity contribution >= 4 is 29.1 Å². The van der Waals surface area contributed by atoms with Gasteiger partial charge in [-0.25, -0.2) is 0 Å². The normalized spacial score (nSPS) is 17.8. The van der Waals surface area contributed by atoms with Crippen LogP contribution in [0.4, 0.5) is 0 Å². The Morgan fingerprint density at radius 1 is 0.951 bits per heavy atom. The Balaban J connectivity index is 1.53. The highest BCUT2D eigenvalue weighted by Gasteiger charge is 2.46. The minimum atomic E-state index is -0.637. The van der Waals surface area contributed by atoms with Crippen molar-refractivity contribution in [3.8, 4) is 11.3 Å². The maximum atomic E-state index is 14.3. The molecule has 7 heteroatoms. The molecule has 2 aliphatic rings. The summed E-state index contributed by atoms with van der Waals surface area (Å²) in [5.74, 6) is 0.0281. The van der Waals surface area contributed by atoms with E-state index in [0.29, 0.717) is 38.2 Å². The number of nitrogens with one attached hydrogen (secondary N) is 1. The van der Waals surface area contributed by atoms with Crippen molar-refractivity contribution in [2.45, 2.75) is 39.3 Å². The molecular weight excluding hydrogens is 512 g/mol. The van der Waals surface area contributed by atoms with Gasteiger partial charge in [-0.15, -0.1) is 0 Å². The van der Waals surface area contributed by atoms with E-state index in [-0.39, 0.29) is 17.7 Å². The first-order valence-electron chi connectivity index (χ1n) is 14.4. The lowest BCUT2D eigenvalue weighted by atomic mass is 9.91. The number of nitrogens with zero attached hydrogens (tertiary/aromatic N) is 3. The van der Waals surface area contributed by atoms with Gasteiger partial charge in [-0.3, -0.25) is 14.4 Å². The van der Waals surface area contributed by atoms with E-state index in [1.54, 1.807) is 4.90 Å². The highest BCUT2D eigenvalue weighted by atomic mass is 16.2. The van der Waals surface area contributed by atoms with Crippen LogP contribution in [0.5, 0.6) is 0 Å². The van der Waals surface area contributed by atoms with Crippen molar-refractivity contribution < 1.29 is 14.4 Å². The van der Waals surface area contributed by atoms with Gasteiger partial charge in [0.05, 0.1) is 11.7 Å². The number of carbonyl (C=O) groups excluding carboxylic acids is 3. The van der Waals surface area contributed by atoms with Crippen LogP contribution >= 0.6 is 0 Å². The number of aryl methyl sites for hydroxylation is 1. The Morgan fingerprint density at radius 3 is 2.34 bits per heavy atom. The van der Waals surface area contributed by atoms with Gasteiger partial charge in [-0.05, 0) is 42.5 Å². The SMILES string of the molecule is Cc1ccc(-c2[nH]c3ccccc3c2C2c3ccccc3C(=O)N2C(CC(C)C)C(=O)N2CCN(C=O)CC2)cc1. The minimum Gasteiger partial charge on any atom is -0.354 e. The van der Waals surface area contributed by atoms with Gasteiger partial charge in [0.2, 0.25) is 12.3 Å². The summed E-state index contributed by atoms with van der Waals surface area (Å²) in [6, 6.07) is 23.3. The van der Waals surface area contributed by atoms with Crippen LogP contribution in [-0.4, -0.2) is 70.1 Å². The summed E-state index contributed by atoms with van der Waals surface area (Å²) in [4.78, 5) is 49.0. The van der Waals surface area contributed by atoms with Gasteiger partial charge >= 0.3 is 0 Å². The van der Waals surface area contributed by atoms with Crippen LogP contribution in [0.2, 0.25) is 0 Å². The van der Waals surface area contributed by atoms with Crippen LogP contribution in [0, 0.1) is 12.8 Å². The third-order valence-corrected chi connectivity index (χ3v) is 8.45. The van der Waals surface area contributed by atoms with Gasteiger partial charge in [0.15, 0.2) is 0 Å². The van der Waals surface area contributed by atoms with E-state index in [1.807, 2.05) is 46.2 Å². The van der Waals surface area contributed by atoms with E-state index in [1.165, 1.54) is 5.56 Å². The number of piperazine rings is 1. The summed E-state index contributed by atoms with van der Waals surface area (Å²) < 4.78 is 0. The van der Waals surface area contributed by atoms with Crippen molar-refractivity contribution in [2.24, 2.45) is 5.92 Å². The van der Waals surface area contributed by atoms with E-state index in [0.717, 1.165) is 39.7 Å². The Morgan fingerprint density at radius 2 is 1.63 bits per heavy atom. The predicted octanol–water partition coefficient (Wildman–Crippen LogP) is 5.40. The first kappa shape index (κ1) is 26.8. The number of fused-ring (bicyclic) bond motifs is 2. The lowest BCUT2D eigenvalue weighted by Gasteiger charge is -2.39. The van der Waals surface area contributed by atoms with Crippen LogP contribution < -0.4 is 0 Å². The largest absolute Gasteiger partial charge is 0.354 e. The van der Waals surface area contributed by atoms with Gasteiger partial charge in [0.1, 0.15) is 6.04 Å². The molecule has 0 radical (unpaired) electrons. The molecule has 0 spiro atoms. The van der Waals surface area contributed by atoms with Gasteiger partial charge in [0.25, 0.3) is 5.91 Å². The predicted molar refractivity (Wildman–Crippen MR) is 160 cm³/mol. The van der Waals surface area contributed by atoms with E-state index >= 15 is 0 Å². The van der Waals surface area contributed by atoms with Crippen molar-refractivity contribution in [3.63, 3.8) is 0 Å². The fourth-order valence-electron chi connectivity index (χ4n) is 6.39. The molecule has 2 aliphatic heterocycles. The number of aromatic amines is 1. The highest BCUT2D eigenvalue weighted by molar-refractivity contribution is 6.04. The summed E-state index contributed by atoms with van der Waals surface area (Å²) in [5, 5.41) is 1.04. The average molecular weight is 549 g/mol. The van der Waals surface area contributed by atoms with E-state index in [9.17, 15) is 14.4 Å². The number of carbonyl (C=O) groups is 3. The van der Waals surface area contributed by atoms with Crippen molar-refractivity contribution in [1.82, 2.24) is 19.7 Å². The van der Waals surface area contributed by atoms with Gasteiger partial charge in [-0.1, -0.05) is 80.1 Å². The number of H-pyrrole nitrogens is 1. The Bertz CT molecular complexity index is 1600. The van der Waals surface area contributed by atoms with Crippen molar-refractivity contribution in [3.05, 3.63) is 95.1 Å². The second-order valence-corrected chi connectivity index (χ2v) is 11.6. The molecule has 1 saturated heterocycles. The molecule has 6 rings (SSSR count). The number of hydrogen-bond acceptors (Lipinski definition) is 3. The third-order valence-electron chi connectivity index (χ3n) is 8.45. The Kier molecular flexibility index (Phi) is 7.12. The molecule has 2 atom stereocenters.